The molecule has 0 heterocycles. The summed E-state index contributed by atoms with van der Waals surface area (Å²) in [5, 5.41) is 0.312. The van der Waals surface area contributed by atoms with Gasteiger partial charge in [0.05, 0.1) is 10.6 Å². The zero-order valence-electron chi connectivity index (χ0n) is 7.19. The van der Waals surface area contributed by atoms with E-state index in [-0.39, 0.29) is 24.3 Å². The molecule has 1 aromatic carbocycles. The lowest BCUT2D eigenvalue weighted by Crippen LogP contribution is -2.09. The maximum absolute atomic E-state index is 13.3. The van der Waals surface area contributed by atoms with Crippen molar-refractivity contribution in [3.8, 4) is 0 Å². The second-order valence-electron chi connectivity index (χ2n) is 2.71. The molecule has 0 saturated carbocycles. The summed E-state index contributed by atoms with van der Waals surface area (Å²) < 4.78 is 13.7. The van der Waals surface area contributed by atoms with Crippen molar-refractivity contribution >= 4 is 33.3 Å². The topological polar surface area (TPSA) is 43.1 Å². The summed E-state index contributed by atoms with van der Waals surface area (Å²) in [7, 11) is 0. The van der Waals surface area contributed by atoms with Gasteiger partial charge in [0.15, 0.2) is 5.78 Å². The molecule has 0 spiro atoms. The van der Waals surface area contributed by atoms with Gasteiger partial charge in [0.25, 0.3) is 0 Å². The number of hydrogen-bond acceptors (Lipinski definition) is 2. The lowest BCUT2D eigenvalue weighted by molar-refractivity contribution is 0.0981. The monoisotopic (exact) mass is 279 g/mol. The van der Waals surface area contributed by atoms with E-state index in [1.54, 1.807) is 0 Å². The van der Waals surface area contributed by atoms with Gasteiger partial charge in [-0.3, -0.25) is 4.79 Å². The molecule has 0 aliphatic heterocycles. The Hall–Kier alpha value is -0.450. The molecule has 5 heteroatoms. The number of nitrogens with two attached hydrogens (primary N) is 1. The summed E-state index contributed by atoms with van der Waals surface area (Å²) in [4.78, 5) is 11.3. The van der Waals surface area contributed by atoms with Crippen LogP contribution in [-0.4, -0.2) is 12.3 Å². The molecular weight excluding hydrogens is 272 g/mol. The van der Waals surface area contributed by atoms with Gasteiger partial charge in [0.1, 0.15) is 5.82 Å². The number of carbonyl (C=O) groups excluding carboxylic acids is 1. The fourth-order valence-corrected chi connectivity index (χ4v) is 1.48. The van der Waals surface area contributed by atoms with Crippen LogP contribution >= 0.6 is 27.5 Å². The standard InChI is InChI=1S/C9H8BrClFNO/c10-6-4-8(12)5(3-7(6)11)9(14)1-2-13/h3-4H,1-2,13H2. The first kappa shape index (κ1) is 11.6. The maximum atomic E-state index is 13.3. The Morgan fingerprint density at radius 3 is 2.79 bits per heavy atom. The Labute approximate surface area is 94.4 Å². The lowest BCUT2D eigenvalue weighted by atomic mass is 10.1. The van der Waals surface area contributed by atoms with Gasteiger partial charge in [-0.15, -0.1) is 0 Å². The smallest absolute Gasteiger partial charge is 0.167 e. The molecule has 0 atom stereocenters. The van der Waals surface area contributed by atoms with Crippen LogP contribution in [0.4, 0.5) is 4.39 Å². The number of ketones is 1. The minimum atomic E-state index is -0.584. The van der Waals surface area contributed by atoms with Crippen molar-refractivity contribution in [3.63, 3.8) is 0 Å². The van der Waals surface area contributed by atoms with Crippen LogP contribution in [0.15, 0.2) is 16.6 Å². The number of benzene rings is 1. The maximum Gasteiger partial charge on any atom is 0.167 e. The highest BCUT2D eigenvalue weighted by Gasteiger charge is 2.13. The van der Waals surface area contributed by atoms with E-state index < -0.39 is 5.82 Å². The van der Waals surface area contributed by atoms with Crippen molar-refractivity contribution in [2.24, 2.45) is 5.73 Å². The van der Waals surface area contributed by atoms with Crippen LogP contribution in [0.2, 0.25) is 5.02 Å². The van der Waals surface area contributed by atoms with Gasteiger partial charge in [-0.05, 0) is 34.6 Å². The molecule has 0 fully saturated rings. The second kappa shape index (κ2) is 4.87. The molecule has 0 unspecified atom stereocenters. The first-order chi connectivity index (χ1) is 6.56. The Balaban J connectivity index is 3.09. The molecular formula is C9H8BrClFNO. The third-order valence-corrected chi connectivity index (χ3v) is 2.88. The summed E-state index contributed by atoms with van der Waals surface area (Å²) >= 11 is 8.79. The predicted octanol–water partition coefficient (Wildman–Crippen LogP) is 2.77. The van der Waals surface area contributed by atoms with E-state index in [1.165, 1.54) is 12.1 Å². The molecule has 0 radical (unpaired) electrons. The van der Waals surface area contributed by atoms with Crippen molar-refractivity contribution in [1.82, 2.24) is 0 Å². The number of Topliss-reactive ketones (excluding diaryl/α,β-unsaturated/α-hetero) is 1. The Morgan fingerprint density at radius 2 is 2.21 bits per heavy atom. The molecule has 0 aliphatic rings. The molecule has 1 aromatic rings. The van der Waals surface area contributed by atoms with Gasteiger partial charge < -0.3 is 5.73 Å². The van der Waals surface area contributed by atoms with E-state index in [9.17, 15) is 9.18 Å². The predicted molar refractivity (Wildman–Crippen MR) is 57.1 cm³/mol. The Bertz CT molecular complexity index is 370. The summed E-state index contributed by atoms with van der Waals surface area (Å²) in [6, 6.07) is 2.48. The molecule has 0 amide bonds. The molecule has 0 aliphatic carbocycles. The van der Waals surface area contributed by atoms with Crippen LogP contribution in [-0.2, 0) is 0 Å². The third kappa shape index (κ3) is 2.53. The minimum Gasteiger partial charge on any atom is -0.330 e. The van der Waals surface area contributed by atoms with Crippen molar-refractivity contribution in [3.05, 3.63) is 33.0 Å². The van der Waals surface area contributed by atoms with Gasteiger partial charge >= 0.3 is 0 Å². The van der Waals surface area contributed by atoms with E-state index in [2.05, 4.69) is 15.9 Å². The highest BCUT2D eigenvalue weighted by Crippen LogP contribution is 2.26. The molecule has 14 heavy (non-hydrogen) atoms. The molecule has 0 bridgehead atoms. The van der Waals surface area contributed by atoms with E-state index in [0.29, 0.717) is 9.50 Å². The SMILES string of the molecule is NCCC(=O)c1cc(Cl)c(Br)cc1F. The molecule has 0 aromatic heterocycles. The quantitative estimate of drug-likeness (QED) is 0.683. The summed E-state index contributed by atoms with van der Waals surface area (Å²) in [6.07, 6.45) is 0.120. The Morgan fingerprint density at radius 1 is 1.57 bits per heavy atom. The summed E-state index contributed by atoms with van der Waals surface area (Å²) in [5.74, 6) is -0.917. The van der Waals surface area contributed by atoms with Gasteiger partial charge in [-0.1, -0.05) is 11.6 Å². The first-order valence-electron chi connectivity index (χ1n) is 3.94. The highest BCUT2D eigenvalue weighted by molar-refractivity contribution is 9.10. The average Bonchev–Trinajstić information content (AvgIpc) is 2.11. The lowest BCUT2D eigenvalue weighted by Gasteiger charge is -2.03. The zero-order chi connectivity index (χ0) is 10.7. The number of halogens is 3. The summed E-state index contributed by atoms with van der Waals surface area (Å²) in [6.45, 7) is 0.200. The van der Waals surface area contributed by atoms with Crippen LogP contribution in [0.5, 0.6) is 0 Å². The highest BCUT2D eigenvalue weighted by atomic mass is 79.9. The van der Waals surface area contributed by atoms with Crippen molar-refractivity contribution in [1.29, 1.82) is 0 Å². The van der Waals surface area contributed by atoms with E-state index in [4.69, 9.17) is 17.3 Å². The van der Waals surface area contributed by atoms with E-state index in [1.807, 2.05) is 0 Å². The minimum absolute atomic E-state index is 0.0105. The largest absolute Gasteiger partial charge is 0.330 e. The van der Waals surface area contributed by atoms with Gasteiger partial charge in [0, 0.05) is 10.9 Å². The average molecular weight is 281 g/mol. The van der Waals surface area contributed by atoms with Crippen molar-refractivity contribution < 1.29 is 9.18 Å². The number of rotatable bonds is 3. The zero-order valence-corrected chi connectivity index (χ0v) is 9.53. The molecule has 1 rings (SSSR count). The third-order valence-electron chi connectivity index (χ3n) is 1.68. The van der Waals surface area contributed by atoms with E-state index in [0.717, 1.165) is 0 Å². The number of hydrogen-bond donors (Lipinski definition) is 1. The fourth-order valence-electron chi connectivity index (χ4n) is 1.00. The molecule has 76 valence electrons. The molecule has 0 saturated heterocycles. The van der Waals surface area contributed by atoms with Crippen LogP contribution in [0, 0.1) is 5.82 Å². The first-order valence-corrected chi connectivity index (χ1v) is 5.11. The number of carbonyl (C=O) groups is 1. The van der Waals surface area contributed by atoms with Gasteiger partial charge in [-0.25, -0.2) is 4.39 Å². The fraction of sp³-hybridized carbons (Fsp3) is 0.222. The molecule has 2 nitrogen and oxygen atoms in total. The van der Waals surface area contributed by atoms with Crippen molar-refractivity contribution in [2.45, 2.75) is 6.42 Å². The van der Waals surface area contributed by atoms with E-state index >= 15 is 0 Å². The van der Waals surface area contributed by atoms with Gasteiger partial charge in [0.2, 0.25) is 0 Å². The summed E-state index contributed by atoms with van der Waals surface area (Å²) in [5.41, 5.74) is 5.19. The van der Waals surface area contributed by atoms with Crippen molar-refractivity contribution in [2.75, 3.05) is 6.54 Å². The van der Waals surface area contributed by atoms with Crippen LogP contribution in [0.25, 0.3) is 0 Å². The normalized spacial score (nSPS) is 10.3. The van der Waals surface area contributed by atoms with Crippen LogP contribution in [0.1, 0.15) is 16.8 Å². The van der Waals surface area contributed by atoms with Crippen LogP contribution in [0.3, 0.4) is 0 Å². The van der Waals surface area contributed by atoms with Crippen LogP contribution < -0.4 is 5.73 Å². The Kier molecular flexibility index (Phi) is 4.04. The van der Waals surface area contributed by atoms with Gasteiger partial charge in [-0.2, -0.15) is 0 Å². The molecule has 2 N–H and O–H groups in total. The second-order valence-corrected chi connectivity index (χ2v) is 3.97.